The molecule has 2 rings (SSSR count). The number of H-pyrrole nitrogens is 1. The molecule has 0 aromatic carbocycles. The van der Waals surface area contributed by atoms with Crippen molar-refractivity contribution >= 4 is 17.0 Å². The number of carbonyl (C=O) groups is 1. The van der Waals surface area contributed by atoms with Crippen molar-refractivity contribution in [3.63, 3.8) is 0 Å². The highest BCUT2D eigenvalue weighted by Gasteiger charge is 2.12. The summed E-state index contributed by atoms with van der Waals surface area (Å²) in [7, 11) is 0. The van der Waals surface area contributed by atoms with Gasteiger partial charge in [0.25, 0.3) is 0 Å². The minimum atomic E-state index is -0.738. The number of aliphatic carboxylic acids is 1. The molecule has 0 saturated carbocycles. The Morgan fingerprint density at radius 3 is 3.19 bits per heavy atom. The van der Waals surface area contributed by atoms with Gasteiger partial charge < -0.3 is 10.1 Å². The van der Waals surface area contributed by atoms with E-state index in [9.17, 15) is 4.79 Å². The molecule has 4 nitrogen and oxygen atoms in total. The lowest BCUT2D eigenvalue weighted by atomic mass is 10.0. The summed E-state index contributed by atoms with van der Waals surface area (Å²) in [5, 5.41) is 9.89. The number of aryl methyl sites for hydroxylation is 1. The second kappa shape index (κ2) is 4.35. The normalized spacial score (nSPS) is 12.8. The van der Waals surface area contributed by atoms with Crippen LogP contribution < -0.4 is 0 Å². The lowest BCUT2D eigenvalue weighted by Gasteiger charge is -2.04. The second-order valence-corrected chi connectivity index (χ2v) is 3.99. The molecule has 2 heterocycles. The SMILES string of the molecule is CC(CCc1c[nH]c2ncccc12)C(=O)O. The molecule has 0 aliphatic carbocycles. The number of nitrogens with one attached hydrogen (secondary N) is 1. The van der Waals surface area contributed by atoms with Crippen LogP contribution >= 0.6 is 0 Å². The van der Waals surface area contributed by atoms with Gasteiger partial charge >= 0.3 is 5.97 Å². The number of carboxylic acids is 1. The molecule has 2 aromatic rings. The number of nitrogens with zero attached hydrogens (tertiary/aromatic N) is 1. The largest absolute Gasteiger partial charge is 0.481 e. The third kappa shape index (κ3) is 2.05. The lowest BCUT2D eigenvalue weighted by Crippen LogP contribution is -2.10. The summed E-state index contributed by atoms with van der Waals surface area (Å²) in [6, 6.07) is 3.89. The fraction of sp³-hybridized carbons (Fsp3) is 0.333. The van der Waals surface area contributed by atoms with Gasteiger partial charge in [0.1, 0.15) is 5.65 Å². The molecule has 0 fully saturated rings. The number of rotatable bonds is 4. The Balaban J connectivity index is 2.13. The van der Waals surface area contributed by atoms with Crippen LogP contribution in [-0.4, -0.2) is 21.0 Å². The molecule has 0 aliphatic rings. The van der Waals surface area contributed by atoms with E-state index in [1.54, 1.807) is 13.1 Å². The van der Waals surface area contributed by atoms with Gasteiger partial charge in [-0.15, -0.1) is 0 Å². The van der Waals surface area contributed by atoms with Crippen molar-refractivity contribution in [1.82, 2.24) is 9.97 Å². The van der Waals surface area contributed by atoms with Gasteiger partial charge in [0, 0.05) is 17.8 Å². The number of aromatic amines is 1. The summed E-state index contributed by atoms with van der Waals surface area (Å²) < 4.78 is 0. The minimum Gasteiger partial charge on any atom is -0.481 e. The van der Waals surface area contributed by atoms with Crippen LogP contribution in [0.25, 0.3) is 11.0 Å². The highest BCUT2D eigenvalue weighted by Crippen LogP contribution is 2.18. The van der Waals surface area contributed by atoms with Crippen molar-refractivity contribution in [1.29, 1.82) is 0 Å². The Kier molecular flexibility index (Phi) is 2.90. The van der Waals surface area contributed by atoms with Crippen LogP contribution in [0.4, 0.5) is 0 Å². The molecule has 0 amide bonds. The molecule has 0 aliphatic heterocycles. The summed E-state index contributed by atoms with van der Waals surface area (Å²) in [4.78, 5) is 18.0. The fourth-order valence-electron chi connectivity index (χ4n) is 1.71. The van der Waals surface area contributed by atoms with E-state index in [4.69, 9.17) is 5.11 Å². The molecule has 0 spiro atoms. The Morgan fingerprint density at radius 2 is 2.44 bits per heavy atom. The van der Waals surface area contributed by atoms with Crippen molar-refractivity contribution in [3.05, 3.63) is 30.1 Å². The monoisotopic (exact) mass is 218 g/mol. The maximum atomic E-state index is 10.7. The zero-order valence-corrected chi connectivity index (χ0v) is 9.10. The van der Waals surface area contributed by atoms with E-state index in [-0.39, 0.29) is 5.92 Å². The van der Waals surface area contributed by atoms with E-state index >= 15 is 0 Å². The molecule has 2 N–H and O–H groups in total. The molecule has 2 aromatic heterocycles. The van der Waals surface area contributed by atoms with Crippen molar-refractivity contribution in [2.75, 3.05) is 0 Å². The zero-order chi connectivity index (χ0) is 11.5. The molecular weight excluding hydrogens is 204 g/mol. The molecule has 1 atom stereocenters. The summed E-state index contributed by atoms with van der Waals surface area (Å²) in [5.74, 6) is -1.04. The van der Waals surface area contributed by atoms with Gasteiger partial charge in [-0.2, -0.15) is 0 Å². The number of hydrogen-bond acceptors (Lipinski definition) is 2. The first-order valence-electron chi connectivity index (χ1n) is 5.32. The number of carboxylic acid groups (broad SMARTS) is 1. The summed E-state index contributed by atoms with van der Waals surface area (Å²) in [6.07, 6.45) is 5.06. The maximum absolute atomic E-state index is 10.7. The van der Waals surface area contributed by atoms with Gasteiger partial charge in [-0.25, -0.2) is 4.98 Å². The smallest absolute Gasteiger partial charge is 0.306 e. The Labute approximate surface area is 93.3 Å². The van der Waals surface area contributed by atoms with E-state index in [0.717, 1.165) is 23.0 Å². The third-order valence-corrected chi connectivity index (χ3v) is 2.81. The minimum absolute atomic E-state index is 0.304. The maximum Gasteiger partial charge on any atom is 0.306 e. The van der Waals surface area contributed by atoms with Gasteiger partial charge in [-0.3, -0.25) is 4.79 Å². The number of hydrogen-bond donors (Lipinski definition) is 2. The summed E-state index contributed by atoms with van der Waals surface area (Å²) in [6.45, 7) is 1.73. The van der Waals surface area contributed by atoms with Crippen LogP contribution in [0, 0.1) is 5.92 Å². The molecular formula is C12H14N2O2. The van der Waals surface area contributed by atoms with Gasteiger partial charge in [0.15, 0.2) is 0 Å². The predicted molar refractivity (Wildman–Crippen MR) is 61.2 cm³/mol. The highest BCUT2D eigenvalue weighted by molar-refractivity contribution is 5.79. The zero-order valence-electron chi connectivity index (χ0n) is 9.10. The van der Waals surface area contributed by atoms with Crippen LogP contribution in [0.15, 0.2) is 24.5 Å². The summed E-state index contributed by atoms with van der Waals surface area (Å²) >= 11 is 0. The molecule has 16 heavy (non-hydrogen) atoms. The molecule has 0 radical (unpaired) electrons. The average molecular weight is 218 g/mol. The van der Waals surface area contributed by atoms with Crippen LogP contribution in [0.2, 0.25) is 0 Å². The first-order valence-corrected chi connectivity index (χ1v) is 5.32. The molecule has 0 bridgehead atoms. The predicted octanol–water partition coefficient (Wildman–Crippen LogP) is 2.22. The average Bonchev–Trinajstić information content (AvgIpc) is 2.69. The quantitative estimate of drug-likeness (QED) is 0.826. The van der Waals surface area contributed by atoms with E-state index in [2.05, 4.69) is 9.97 Å². The number of pyridine rings is 1. The Hall–Kier alpha value is -1.84. The molecule has 1 unspecified atom stereocenters. The van der Waals surface area contributed by atoms with Gasteiger partial charge in [0.05, 0.1) is 5.92 Å². The number of aromatic nitrogens is 2. The topological polar surface area (TPSA) is 66.0 Å². The Morgan fingerprint density at radius 1 is 1.62 bits per heavy atom. The second-order valence-electron chi connectivity index (χ2n) is 3.99. The highest BCUT2D eigenvalue weighted by atomic mass is 16.4. The first-order chi connectivity index (χ1) is 7.68. The van der Waals surface area contributed by atoms with Gasteiger partial charge in [-0.1, -0.05) is 6.92 Å². The van der Waals surface area contributed by atoms with Crippen LogP contribution in [-0.2, 0) is 11.2 Å². The molecule has 0 saturated heterocycles. The van der Waals surface area contributed by atoms with Crippen molar-refractivity contribution in [2.45, 2.75) is 19.8 Å². The van der Waals surface area contributed by atoms with Gasteiger partial charge in [0.2, 0.25) is 0 Å². The molecule has 4 heteroatoms. The van der Waals surface area contributed by atoms with Crippen LogP contribution in [0.3, 0.4) is 0 Å². The standard InChI is InChI=1S/C12H14N2O2/c1-8(12(15)16)4-5-9-7-14-11-10(9)3-2-6-13-11/h2-3,6-8H,4-5H2,1H3,(H,13,14)(H,15,16). The van der Waals surface area contributed by atoms with E-state index in [1.807, 2.05) is 18.3 Å². The van der Waals surface area contributed by atoms with E-state index < -0.39 is 5.97 Å². The number of fused-ring (bicyclic) bond motifs is 1. The van der Waals surface area contributed by atoms with Gasteiger partial charge in [-0.05, 0) is 30.5 Å². The van der Waals surface area contributed by atoms with Crippen LogP contribution in [0.1, 0.15) is 18.9 Å². The van der Waals surface area contributed by atoms with Crippen molar-refractivity contribution in [3.8, 4) is 0 Å². The van der Waals surface area contributed by atoms with Crippen molar-refractivity contribution in [2.24, 2.45) is 5.92 Å². The fourth-order valence-corrected chi connectivity index (χ4v) is 1.71. The first kappa shape index (κ1) is 10.7. The van der Waals surface area contributed by atoms with E-state index in [1.165, 1.54) is 0 Å². The van der Waals surface area contributed by atoms with Crippen LogP contribution in [0.5, 0.6) is 0 Å². The Bertz CT molecular complexity index is 504. The lowest BCUT2D eigenvalue weighted by molar-refractivity contribution is -0.141. The van der Waals surface area contributed by atoms with E-state index in [0.29, 0.717) is 6.42 Å². The molecule has 84 valence electrons. The third-order valence-electron chi connectivity index (χ3n) is 2.81. The summed E-state index contributed by atoms with van der Waals surface area (Å²) in [5.41, 5.74) is 2.00. The van der Waals surface area contributed by atoms with Crippen molar-refractivity contribution < 1.29 is 9.90 Å².